The molecule has 0 bridgehead atoms. The third-order valence-corrected chi connectivity index (χ3v) is 8.18. The van der Waals surface area contributed by atoms with Crippen molar-refractivity contribution in [2.75, 3.05) is 25.5 Å². The van der Waals surface area contributed by atoms with Crippen molar-refractivity contribution in [3.8, 4) is 28.1 Å². The van der Waals surface area contributed by atoms with Crippen molar-refractivity contribution in [2.24, 2.45) is 20.0 Å². The molecule has 13 heteroatoms. The number of carboxylic acid groups (broad SMARTS) is 1. The van der Waals surface area contributed by atoms with Gasteiger partial charge in [0.25, 0.3) is 11.5 Å². The second kappa shape index (κ2) is 12.0. The van der Waals surface area contributed by atoms with Gasteiger partial charge in [-0.25, -0.2) is 4.79 Å². The standard InChI is InChI=1S/C30H27Cl2N5O6/c1-35-15-21(28(39)36(2)30(35)42)27(38)34-22-9-5-7-19(26(22)32)18-6-4-8-20(25(18)31)23-10-24(43-3)16(11-33-23)12-37-13-17(14-37)29(40)41/h4-11,15,17H,12-14H2,1-3H3,(H,34,38)(H,40,41). The SMILES string of the molecule is COc1cc(-c2cccc(-c3cccc(NC(=O)c4cn(C)c(=O)n(C)c4=O)c3Cl)c2Cl)ncc1CN1CC(C(=O)O)C1. The molecule has 0 aliphatic carbocycles. The number of carbonyl (C=O) groups is 2. The molecule has 1 fully saturated rings. The van der Waals surface area contributed by atoms with E-state index in [1.165, 1.54) is 20.3 Å². The van der Waals surface area contributed by atoms with Gasteiger partial charge in [-0.05, 0) is 6.07 Å². The molecular formula is C30H27Cl2N5O6. The fourth-order valence-corrected chi connectivity index (χ4v) is 5.54. The Morgan fingerprint density at radius 1 is 1.05 bits per heavy atom. The van der Waals surface area contributed by atoms with Crippen molar-refractivity contribution in [3.05, 3.63) is 96.9 Å². The Balaban J connectivity index is 1.43. The second-order valence-corrected chi connectivity index (χ2v) is 11.0. The maximum absolute atomic E-state index is 13.0. The van der Waals surface area contributed by atoms with E-state index in [0.717, 1.165) is 14.7 Å². The third kappa shape index (κ3) is 5.79. The molecule has 0 unspecified atom stereocenters. The summed E-state index contributed by atoms with van der Waals surface area (Å²) in [6, 6.07) is 12.2. The second-order valence-electron chi connectivity index (χ2n) is 10.2. The summed E-state index contributed by atoms with van der Waals surface area (Å²) in [4.78, 5) is 55.3. The van der Waals surface area contributed by atoms with Crippen molar-refractivity contribution in [3.63, 3.8) is 0 Å². The highest BCUT2D eigenvalue weighted by Crippen LogP contribution is 2.41. The molecule has 2 aromatic heterocycles. The molecule has 2 aromatic carbocycles. The number of nitrogens with zero attached hydrogens (tertiary/aromatic N) is 4. The summed E-state index contributed by atoms with van der Waals surface area (Å²) in [6.07, 6.45) is 2.87. The number of hydrogen-bond donors (Lipinski definition) is 2. The highest BCUT2D eigenvalue weighted by atomic mass is 35.5. The van der Waals surface area contributed by atoms with E-state index in [0.29, 0.717) is 52.8 Å². The van der Waals surface area contributed by atoms with E-state index in [1.807, 2.05) is 11.0 Å². The van der Waals surface area contributed by atoms with Crippen molar-refractivity contribution < 1.29 is 19.4 Å². The molecule has 1 aliphatic heterocycles. The maximum atomic E-state index is 13.0. The molecule has 1 saturated heterocycles. The van der Waals surface area contributed by atoms with Gasteiger partial charge in [0.15, 0.2) is 0 Å². The van der Waals surface area contributed by atoms with Gasteiger partial charge in [-0.15, -0.1) is 0 Å². The number of aryl methyl sites for hydroxylation is 1. The highest BCUT2D eigenvalue weighted by molar-refractivity contribution is 6.39. The molecular weight excluding hydrogens is 597 g/mol. The number of nitrogens with one attached hydrogen (secondary N) is 1. The van der Waals surface area contributed by atoms with E-state index in [2.05, 4.69) is 10.3 Å². The van der Waals surface area contributed by atoms with Gasteiger partial charge in [0.2, 0.25) is 0 Å². The van der Waals surface area contributed by atoms with Crippen LogP contribution < -0.4 is 21.3 Å². The number of halogens is 2. The third-order valence-electron chi connectivity index (χ3n) is 7.37. The number of ether oxygens (including phenoxy) is 1. The summed E-state index contributed by atoms with van der Waals surface area (Å²) in [5, 5.41) is 12.4. The van der Waals surface area contributed by atoms with Crippen LogP contribution in [0.1, 0.15) is 15.9 Å². The number of likely N-dealkylation sites (tertiary alicyclic amines) is 1. The van der Waals surface area contributed by atoms with Crippen LogP contribution in [-0.4, -0.2) is 56.2 Å². The van der Waals surface area contributed by atoms with Gasteiger partial charge in [0, 0.05) is 74.4 Å². The average Bonchev–Trinajstić information content (AvgIpc) is 2.96. The Kier molecular flexibility index (Phi) is 8.41. The van der Waals surface area contributed by atoms with Gasteiger partial charge in [-0.2, -0.15) is 0 Å². The van der Waals surface area contributed by atoms with Gasteiger partial charge in [0.05, 0.1) is 34.5 Å². The zero-order valence-electron chi connectivity index (χ0n) is 23.4. The number of anilines is 1. The van der Waals surface area contributed by atoms with E-state index in [-0.39, 0.29) is 22.2 Å². The van der Waals surface area contributed by atoms with E-state index >= 15 is 0 Å². The predicted octanol–water partition coefficient (Wildman–Crippen LogP) is 3.90. The van der Waals surface area contributed by atoms with Gasteiger partial charge < -0.3 is 19.7 Å². The molecule has 2 N–H and O–H groups in total. The maximum Gasteiger partial charge on any atom is 0.330 e. The van der Waals surface area contributed by atoms with Crippen LogP contribution in [0.3, 0.4) is 0 Å². The molecule has 0 radical (unpaired) electrons. The number of aromatic nitrogens is 3. The van der Waals surface area contributed by atoms with Crippen molar-refractivity contribution in [1.82, 2.24) is 19.0 Å². The van der Waals surface area contributed by atoms with Crippen LogP contribution >= 0.6 is 23.2 Å². The first-order valence-corrected chi connectivity index (χ1v) is 13.9. The lowest BCUT2D eigenvalue weighted by molar-refractivity contribution is -0.147. The topological polar surface area (TPSA) is 136 Å². The van der Waals surface area contributed by atoms with Crippen LogP contribution in [0.2, 0.25) is 10.0 Å². The van der Waals surface area contributed by atoms with Crippen molar-refractivity contribution in [1.29, 1.82) is 0 Å². The zero-order chi connectivity index (χ0) is 31.0. The normalized spacial score (nSPS) is 13.4. The molecule has 1 aliphatic rings. The smallest absolute Gasteiger partial charge is 0.330 e. The first kappa shape index (κ1) is 30.0. The Labute approximate surface area is 255 Å². The minimum atomic E-state index is -0.797. The molecule has 0 atom stereocenters. The fraction of sp³-hybridized carbons (Fsp3) is 0.233. The van der Waals surface area contributed by atoms with Crippen LogP contribution in [0.5, 0.6) is 5.75 Å². The summed E-state index contributed by atoms with van der Waals surface area (Å²) in [7, 11) is 4.30. The Morgan fingerprint density at radius 2 is 1.70 bits per heavy atom. The predicted molar refractivity (Wildman–Crippen MR) is 163 cm³/mol. The summed E-state index contributed by atoms with van der Waals surface area (Å²) in [5.41, 5.74) is 1.88. The molecule has 3 heterocycles. The van der Waals surface area contributed by atoms with E-state index in [1.54, 1.807) is 49.7 Å². The average molecular weight is 624 g/mol. The largest absolute Gasteiger partial charge is 0.496 e. The number of aliphatic carboxylic acids is 1. The van der Waals surface area contributed by atoms with E-state index in [4.69, 9.17) is 33.0 Å². The Morgan fingerprint density at radius 3 is 2.37 bits per heavy atom. The lowest BCUT2D eigenvalue weighted by atomic mass is 9.99. The molecule has 222 valence electrons. The first-order valence-electron chi connectivity index (χ1n) is 13.1. The number of rotatable bonds is 8. The fourth-order valence-electron chi connectivity index (χ4n) is 4.95. The van der Waals surface area contributed by atoms with Crippen molar-refractivity contribution in [2.45, 2.75) is 6.54 Å². The number of amides is 1. The van der Waals surface area contributed by atoms with Crippen LogP contribution in [0.15, 0.2) is 64.4 Å². The van der Waals surface area contributed by atoms with E-state index in [9.17, 15) is 19.2 Å². The first-order chi connectivity index (χ1) is 20.5. The van der Waals surface area contributed by atoms with Crippen LogP contribution in [-0.2, 0) is 25.4 Å². The monoisotopic (exact) mass is 623 g/mol. The van der Waals surface area contributed by atoms with Gasteiger partial charge in [-0.1, -0.05) is 53.5 Å². The number of methoxy groups -OCH3 is 1. The molecule has 4 aromatic rings. The van der Waals surface area contributed by atoms with Crippen LogP contribution in [0, 0.1) is 5.92 Å². The number of pyridine rings is 1. The van der Waals surface area contributed by atoms with Gasteiger partial charge in [-0.3, -0.25) is 28.8 Å². The molecule has 0 spiro atoms. The summed E-state index contributed by atoms with van der Waals surface area (Å²) in [6.45, 7) is 1.44. The minimum Gasteiger partial charge on any atom is -0.496 e. The molecule has 11 nitrogen and oxygen atoms in total. The molecule has 5 rings (SSSR count). The zero-order valence-corrected chi connectivity index (χ0v) is 24.9. The van der Waals surface area contributed by atoms with Crippen LogP contribution in [0.4, 0.5) is 5.69 Å². The molecule has 1 amide bonds. The number of benzene rings is 2. The lowest BCUT2D eigenvalue weighted by Gasteiger charge is -2.36. The number of carboxylic acids is 1. The van der Waals surface area contributed by atoms with Gasteiger partial charge >= 0.3 is 11.7 Å². The molecule has 43 heavy (non-hydrogen) atoms. The van der Waals surface area contributed by atoms with Crippen molar-refractivity contribution >= 4 is 40.8 Å². The Hall–Kier alpha value is -4.45. The quantitative estimate of drug-likeness (QED) is 0.302. The number of carbonyl (C=O) groups excluding carboxylic acids is 1. The highest BCUT2D eigenvalue weighted by Gasteiger charge is 2.32. The summed E-state index contributed by atoms with van der Waals surface area (Å²) in [5.74, 6) is -1.28. The Bertz CT molecular complexity index is 1880. The van der Waals surface area contributed by atoms with E-state index < -0.39 is 23.1 Å². The van der Waals surface area contributed by atoms with Gasteiger partial charge in [0.1, 0.15) is 11.3 Å². The minimum absolute atomic E-state index is 0.201. The summed E-state index contributed by atoms with van der Waals surface area (Å²) >= 11 is 13.7. The summed E-state index contributed by atoms with van der Waals surface area (Å²) < 4.78 is 7.62. The lowest BCUT2D eigenvalue weighted by Crippen LogP contribution is -2.49. The van der Waals surface area contributed by atoms with Crippen LogP contribution in [0.25, 0.3) is 22.4 Å². The molecule has 0 saturated carbocycles. The number of hydrogen-bond acceptors (Lipinski definition) is 7.